The van der Waals surface area contributed by atoms with Crippen LogP contribution in [0.3, 0.4) is 0 Å². The number of hydrogen-bond acceptors (Lipinski definition) is 3. The van der Waals surface area contributed by atoms with Crippen LogP contribution < -0.4 is 10.1 Å². The van der Waals surface area contributed by atoms with Crippen molar-refractivity contribution in [1.29, 1.82) is 0 Å². The number of benzene rings is 2. The molecule has 0 aromatic heterocycles. The van der Waals surface area contributed by atoms with Gasteiger partial charge in [0.25, 0.3) is 0 Å². The van der Waals surface area contributed by atoms with E-state index in [4.69, 9.17) is 5.10 Å². The number of para-hydroxylation sites is 1. The number of hydrogen-bond donors (Lipinski definition) is 0. The van der Waals surface area contributed by atoms with E-state index in [9.17, 15) is 0 Å². The molecule has 1 atom stereocenters. The van der Waals surface area contributed by atoms with Gasteiger partial charge in [-0.25, -0.2) is 4.78 Å². The summed E-state index contributed by atoms with van der Waals surface area (Å²) < 4.78 is 2.38. The van der Waals surface area contributed by atoms with Gasteiger partial charge in [-0.15, -0.1) is 0 Å². The SMILES string of the molecule is CC1(C)C=C(N2CCCCC2)C2=P(C)(c3ccccc3)N(c3ccccc3)N=C2C1. The number of fused-ring (bicyclic) bond motifs is 1. The van der Waals surface area contributed by atoms with Crippen molar-refractivity contribution in [3.05, 3.63) is 72.4 Å². The summed E-state index contributed by atoms with van der Waals surface area (Å²) in [6.45, 7) is 9.52. The van der Waals surface area contributed by atoms with Crippen LogP contribution in [0.1, 0.15) is 39.5 Å². The summed E-state index contributed by atoms with van der Waals surface area (Å²) in [5.41, 5.74) is 4.08. The molecular weight excluding hydrogens is 385 g/mol. The van der Waals surface area contributed by atoms with Crippen molar-refractivity contribution in [3.8, 4) is 0 Å². The second kappa shape index (κ2) is 7.46. The Labute approximate surface area is 181 Å². The number of allylic oxidation sites excluding steroid dienone is 2. The number of nitrogens with zero attached hydrogens (tertiary/aromatic N) is 3. The molecule has 0 N–H and O–H groups in total. The summed E-state index contributed by atoms with van der Waals surface area (Å²) in [5.74, 6) is 0. The van der Waals surface area contributed by atoms with Gasteiger partial charge in [0.2, 0.25) is 0 Å². The Balaban J connectivity index is 1.78. The fourth-order valence-corrected chi connectivity index (χ4v) is 8.77. The first-order valence-electron chi connectivity index (χ1n) is 11.2. The van der Waals surface area contributed by atoms with Crippen molar-refractivity contribution in [3.63, 3.8) is 0 Å². The van der Waals surface area contributed by atoms with Crippen molar-refractivity contribution in [1.82, 2.24) is 4.90 Å². The molecule has 2 heterocycles. The maximum Gasteiger partial charge on any atom is 0.0736 e. The van der Waals surface area contributed by atoms with Crippen LogP contribution in [-0.2, 0) is 0 Å². The molecular formula is C26H32N3P. The average molecular weight is 418 g/mol. The molecule has 0 spiro atoms. The standard InChI is InChI=1S/C26H32N3P/c1-26(2)19-23-25(24(20-26)28-17-11-6-12-18-28)30(3,22-15-9-5-10-16-22)29(27-23)21-13-7-4-8-14-21/h4-5,7-10,13-16,20H,6,11-12,17-19H2,1-3H3. The van der Waals surface area contributed by atoms with Crippen molar-refractivity contribution in [2.24, 2.45) is 10.5 Å². The van der Waals surface area contributed by atoms with Crippen LogP contribution in [0.2, 0.25) is 0 Å². The molecule has 4 heteroatoms. The summed E-state index contributed by atoms with van der Waals surface area (Å²) in [4.78, 5) is 2.66. The maximum absolute atomic E-state index is 5.35. The smallest absolute Gasteiger partial charge is 0.0736 e. The third kappa shape index (κ3) is 3.24. The molecule has 2 aromatic carbocycles. The number of likely N-dealkylation sites (tertiary alicyclic amines) is 1. The highest BCUT2D eigenvalue weighted by Crippen LogP contribution is 2.57. The first kappa shape index (κ1) is 19.7. The molecule has 1 unspecified atom stereocenters. The lowest BCUT2D eigenvalue weighted by Gasteiger charge is -2.40. The van der Waals surface area contributed by atoms with Crippen LogP contribution in [-0.4, -0.2) is 35.7 Å². The highest BCUT2D eigenvalue weighted by atomic mass is 31.2. The van der Waals surface area contributed by atoms with E-state index in [1.165, 1.54) is 60.0 Å². The van der Waals surface area contributed by atoms with Gasteiger partial charge in [0.15, 0.2) is 0 Å². The molecule has 0 bridgehead atoms. The average Bonchev–Trinajstić information content (AvgIpc) is 3.07. The van der Waals surface area contributed by atoms with E-state index in [0.29, 0.717) is 0 Å². The van der Waals surface area contributed by atoms with Gasteiger partial charge in [0, 0.05) is 37.5 Å². The summed E-state index contributed by atoms with van der Waals surface area (Å²) in [5, 5.41) is 8.27. The van der Waals surface area contributed by atoms with Gasteiger partial charge in [0.05, 0.1) is 11.4 Å². The van der Waals surface area contributed by atoms with Gasteiger partial charge in [-0.1, -0.05) is 68.5 Å². The lowest BCUT2D eigenvalue weighted by atomic mass is 9.80. The predicted molar refractivity (Wildman–Crippen MR) is 132 cm³/mol. The Morgan fingerprint density at radius 2 is 1.50 bits per heavy atom. The first-order valence-corrected chi connectivity index (χ1v) is 13.4. The minimum atomic E-state index is -1.88. The zero-order valence-electron chi connectivity index (χ0n) is 18.4. The van der Waals surface area contributed by atoms with E-state index >= 15 is 0 Å². The van der Waals surface area contributed by atoms with Crippen molar-refractivity contribution >= 4 is 29.0 Å². The molecule has 0 saturated carbocycles. The van der Waals surface area contributed by atoms with Gasteiger partial charge in [-0.2, -0.15) is 5.10 Å². The molecule has 2 aliphatic heterocycles. The van der Waals surface area contributed by atoms with Crippen LogP contribution in [0.5, 0.6) is 0 Å². The second-order valence-electron chi connectivity index (χ2n) is 9.56. The first-order chi connectivity index (χ1) is 14.5. The third-order valence-electron chi connectivity index (χ3n) is 6.64. The summed E-state index contributed by atoms with van der Waals surface area (Å²) >= 11 is 0. The third-order valence-corrected chi connectivity index (χ3v) is 10.4. The lowest BCUT2D eigenvalue weighted by Crippen LogP contribution is -2.40. The number of anilines is 1. The summed E-state index contributed by atoms with van der Waals surface area (Å²) in [6.07, 6.45) is 7.50. The highest BCUT2D eigenvalue weighted by Gasteiger charge is 2.43. The molecule has 30 heavy (non-hydrogen) atoms. The molecule has 1 aliphatic carbocycles. The largest absolute Gasteiger partial charge is 0.371 e. The van der Waals surface area contributed by atoms with Gasteiger partial charge < -0.3 is 4.90 Å². The van der Waals surface area contributed by atoms with Crippen LogP contribution >= 0.6 is 7.04 Å². The monoisotopic (exact) mass is 417 g/mol. The quantitative estimate of drug-likeness (QED) is 0.595. The van der Waals surface area contributed by atoms with Gasteiger partial charge >= 0.3 is 0 Å². The Morgan fingerprint density at radius 1 is 0.867 bits per heavy atom. The number of piperidine rings is 1. The minimum absolute atomic E-state index is 0.128. The molecule has 3 aliphatic rings. The topological polar surface area (TPSA) is 18.8 Å². The van der Waals surface area contributed by atoms with E-state index in [0.717, 1.165) is 6.42 Å². The zero-order chi connectivity index (χ0) is 20.8. The van der Waals surface area contributed by atoms with Crippen molar-refractivity contribution in [2.45, 2.75) is 39.5 Å². The Morgan fingerprint density at radius 3 is 2.17 bits per heavy atom. The fraction of sp³-hybridized carbons (Fsp3) is 0.385. The van der Waals surface area contributed by atoms with Crippen LogP contribution in [0, 0.1) is 5.41 Å². The van der Waals surface area contributed by atoms with E-state index < -0.39 is 7.04 Å². The van der Waals surface area contributed by atoms with E-state index in [1.54, 1.807) is 0 Å². The molecule has 0 amide bonds. The highest BCUT2D eigenvalue weighted by molar-refractivity contribution is 7.86. The van der Waals surface area contributed by atoms with Crippen molar-refractivity contribution < 1.29 is 0 Å². The van der Waals surface area contributed by atoms with Crippen LogP contribution in [0.4, 0.5) is 5.69 Å². The summed E-state index contributed by atoms with van der Waals surface area (Å²) in [7, 11) is -1.88. The maximum atomic E-state index is 5.35. The van der Waals surface area contributed by atoms with Crippen LogP contribution in [0.15, 0.2) is 77.5 Å². The van der Waals surface area contributed by atoms with Gasteiger partial charge in [0.1, 0.15) is 0 Å². The molecule has 2 aromatic rings. The number of hydrazone groups is 1. The fourth-order valence-electron chi connectivity index (χ4n) is 5.19. The van der Waals surface area contributed by atoms with Crippen LogP contribution in [0.25, 0.3) is 0 Å². The molecule has 5 rings (SSSR count). The minimum Gasteiger partial charge on any atom is -0.371 e. The van der Waals surface area contributed by atoms with E-state index in [-0.39, 0.29) is 5.41 Å². The Kier molecular flexibility index (Phi) is 4.90. The molecule has 3 nitrogen and oxygen atoms in total. The van der Waals surface area contributed by atoms with Crippen molar-refractivity contribution in [2.75, 3.05) is 24.5 Å². The molecule has 156 valence electrons. The molecule has 1 saturated heterocycles. The van der Waals surface area contributed by atoms with Gasteiger partial charge in [-0.3, -0.25) is 0 Å². The molecule has 0 radical (unpaired) electrons. The predicted octanol–water partition coefficient (Wildman–Crippen LogP) is 5.72. The lowest BCUT2D eigenvalue weighted by molar-refractivity contribution is 0.292. The van der Waals surface area contributed by atoms with E-state index in [2.05, 4.69) is 96.9 Å². The Bertz CT molecular complexity index is 1040. The zero-order valence-corrected chi connectivity index (χ0v) is 19.3. The summed E-state index contributed by atoms with van der Waals surface area (Å²) in [6, 6.07) is 21.9. The Hall–Kier alpha value is -2.25. The second-order valence-corrected chi connectivity index (χ2v) is 12.8. The normalized spacial score (nSPS) is 25.6. The molecule has 1 fully saturated rings. The van der Waals surface area contributed by atoms with E-state index in [1.807, 2.05) is 0 Å². The number of rotatable bonds is 3. The van der Waals surface area contributed by atoms with Gasteiger partial charge in [-0.05, 0) is 48.8 Å².